The lowest BCUT2D eigenvalue weighted by molar-refractivity contribution is 0.273. The van der Waals surface area contributed by atoms with E-state index in [1.807, 2.05) is 13.8 Å². The molecule has 0 atom stereocenters. The summed E-state index contributed by atoms with van der Waals surface area (Å²) in [4.78, 5) is 0.188. The average Bonchev–Trinajstić information content (AvgIpc) is 2.43. The van der Waals surface area contributed by atoms with Crippen molar-refractivity contribution in [3.05, 3.63) is 23.8 Å². The number of rotatable bonds is 7. The van der Waals surface area contributed by atoms with Gasteiger partial charge in [0.15, 0.2) is 0 Å². The van der Waals surface area contributed by atoms with Gasteiger partial charge in [-0.1, -0.05) is 13.8 Å². The largest absolute Gasteiger partial charge is 0.496 e. The summed E-state index contributed by atoms with van der Waals surface area (Å²) in [6.07, 6.45) is 0.760. The van der Waals surface area contributed by atoms with Crippen molar-refractivity contribution in [1.29, 1.82) is 0 Å². The Kier molecular flexibility index (Phi) is 5.78. The maximum Gasteiger partial charge on any atom is 0.243 e. The number of hydrogen-bond acceptors (Lipinski definition) is 4. The molecule has 19 heavy (non-hydrogen) atoms. The number of sulfonamides is 1. The first-order chi connectivity index (χ1) is 9.01. The molecule has 0 amide bonds. The normalized spacial score (nSPS) is 11.8. The van der Waals surface area contributed by atoms with Crippen LogP contribution in [0.2, 0.25) is 0 Å². The zero-order chi connectivity index (χ0) is 14.5. The molecule has 1 aromatic rings. The van der Waals surface area contributed by atoms with Crippen LogP contribution in [-0.2, 0) is 16.6 Å². The highest BCUT2D eigenvalue weighted by atomic mass is 32.2. The van der Waals surface area contributed by atoms with Crippen LogP contribution in [0.5, 0.6) is 5.75 Å². The highest BCUT2D eigenvalue weighted by molar-refractivity contribution is 7.89. The zero-order valence-electron chi connectivity index (χ0n) is 11.6. The second-order valence-corrected chi connectivity index (χ2v) is 6.07. The van der Waals surface area contributed by atoms with Gasteiger partial charge in [-0.05, 0) is 24.6 Å². The predicted octanol–water partition coefficient (Wildman–Crippen LogP) is 1.61. The average molecular weight is 287 g/mol. The summed E-state index contributed by atoms with van der Waals surface area (Å²) in [7, 11) is -2.02. The van der Waals surface area contributed by atoms with E-state index in [4.69, 9.17) is 4.74 Å². The molecule has 0 fully saturated rings. The Morgan fingerprint density at radius 3 is 2.47 bits per heavy atom. The molecule has 6 heteroatoms. The van der Waals surface area contributed by atoms with Crippen molar-refractivity contribution in [2.45, 2.75) is 31.8 Å². The molecule has 5 nitrogen and oxygen atoms in total. The topological polar surface area (TPSA) is 66.8 Å². The smallest absolute Gasteiger partial charge is 0.243 e. The van der Waals surface area contributed by atoms with Crippen LogP contribution in [0.3, 0.4) is 0 Å². The summed E-state index contributed by atoms with van der Waals surface area (Å²) in [6, 6.07) is 4.54. The maximum atomic E-state index is 12.4. The van der Waals surface area contributed by atoms with Crippen molar-refractivity contribution in [3.8, 4) is 5.75 Å². The summed E-state index contributed by atoms with van der Waals surface area (Å²) >= 11 is 0. The van der Waals surface area contributed by atoms with Crippen molar-refractivity contribution >= 4 is 10.0 Å². The van der Waals surface area contributed by atoms with E-state index < -0.39 is 10.0 Å². The molecule has 0 spiro atoms. The zero-order valence-corrected chi connectivity index (χ0v) is 12.4. The third kappa shape index (κ3) is 3.46. The number of ether oxygens (including phenoxy) is 1. The minimum Gasteiger partial charge on any atom is -0.496 e. The second-order valence-electron chi connectivity index (χ2n) is 4.13. The monoisotopic (exact) mass is 287 g/mol. The number of methoxy groups -OCH3 is 1. The molecule has 1 aromatic carbocycles. The van der Waals surface area contributed by atoms with E-state index in [1.165, 1.54) is 23.5 Å². The lowest BCUT2D eigenvalue weighted by Gasteiger charge is -2.20. The number of nitrogens with zero attached hydrogens (tertiary/aromatic N) is 1. The summed E-state index contributed by atoms with van der Waals surface area (Å²) in [5.74, 6) is 0.486. The second kappa shape index (κ2) is 6.88. The van der Waals surface area contributed by atoms with Crippen LogP contribution in [0.4, 0.5) is 0 Å². The van der Waals surface area contributed by atoms with E-state index in [0.29, 0.717) is 24.4 Å². The number of aliphatic hydroxyl groups is 1. The number of benzene rings is 1. The van der Waals surface area contributed by atoms with Gasteiger partial charge in [0.2, 0.25) is 10.0 Å². The molecule has 0 radical (unpaired) electrons. The van der Waals surface area contributed by atoms with Gasteiger partial charge >= 0.3 is 0 Å². The lowest BCUT2D eigenvalue weighted by Crippen LogP contribution is -2.31. The van der Waals surface area contributed by atoms with Gasteiger partial charge < -0.3 is 9.84 Å². The Hall–Kier alpha value is -1.11. The quantitative estimate of drug-likeness (QED) is 0.827. The molecule has 0 aliphatic carbocycles. The van der Waals surface area contributed by atoms with Crippen LogP contribution < -0.4 is 4.74 Å². The van der Waals surface area contributed by atoms with Crippen molar-refractivity contribution in [3.63, 3.8) is 0 Å². The van der Waals surface area contributed by atoms with Gasteiger partial charge in [0.1, 0.15) is 5.75 Å². The molecule has 0 saturated heterocycles. The van der Waals surface area contributed by atoms with Crippen molar-refractivity contribution in [2.24, 2.45) is 0 Å². The first kappa shape index (κ1) is 15.9. The minimum atomic E-state index is -3.50. The molecule has 1 rings (SSSR count). The predicted molar refractivity (Wildman–Crippen MR) is 73.6 cm³/mol. The van der Waals surface area contributed by atoms with Gasteiger partial charge in [-0.3, -0.25) is 0 Å². The Labute approximate surface area is 114 Å². The fourth-order valence-electron chi connectivity index (χ4n) is 1.89. The fourth-order valence-corrected chi connectivity index (χ4v) is 3.48. The lowest BCUT2D eigenvalue weighted by atomic mass is 10.2. The van der Waals surface area contributed by atoms with Crippen molar-refractivity contribution in [2.75, 3.05) is 20.2 Å². The third-order valence-corrected chi connectivity index (χ3v) is 4.86. The SMILES string of the molecule is CCCN(CC)S(=O)(=O)c1ccc(OC)c(CO)c1. The van der Waals surface area contributed by atoms with Gasteiger partial charge in [0.05, 0.1) is 18.6 Å². The van der Waals surface area contributed by atoms with Crippen LogP contribution in [0.15, 0.2) is 23.1 Å². The molecule has 108 valence electrons. The molecule has 0 bridgehead atoms. The van der Waals surface area contributed by atoms with E-state index in [0.717, 1.165) is 6.42 Å². The van der Waals surface area contributed by atoms with E-state index in [-0.39, 0.29) is 11.5 Å². The first-order valence-corrected chi connectivity index (χ1v) is 7.73. The van der Waals surface area contributed by atoms with E-state index in [2.05, 4.69) is 0 Å². The Bertz CT molecular complexity index is 513. The fraction of sp³-hybridized carbons (Fsp3) is 0.538. The molecule has 0 aliphatic heterocycles. The minimum absolute atomic E-state index is 0.188. The van der Waals surface area contributed by atoms with Crippen LogP contribution in [-0.4, -0.2) is 38.0 Å². The number of hydrogen-bond donors (Lipinski definition) is 1. The van der Waals surface area contributed by atoms with Crippen LogP contribution in [0.25, 0.3) is 0 Å². The molecule has 0 unspecified atom stereocenters. The van der Waals surface area contributed by atoms with Gasteiger partial charge in [-0.25, -0.2) is 8.42 Å². The summed E-state index contributed by atoms with van der Waals surface area (Å²) < 4.78 is 31.3. The standard InChI is InChI=1S/C13H21NO4S/c1-4-8-14(5-2)19(16,17)12-6-7-13(18-3)11(9-12)10-15/h6-7,9,15H,4-5,8,10H2,1-3H3. The van der Waals surface area contributed by atoms with E-state index >= 15 is 0 Å². The summed E-state index contributed by atoms with van der Waals surface area (Å²) in [5.41, 5.74) is 0.469. The van der Waals surface area contributed by atoms with Gasteiger partial charge in [0, 0.05) is 18.7 Å². The molecule has 1 N–H and O–H groups in total. The summed E-state index contributed by atoms with van der Waals surface area (Å²) in [5, 5.41) is 9.25. The van der Waals surface area contributed by atoms with Gasteiger partial charge in [0.25, 0.3) is 0 Å². The Morgan fingerprint density at radius 2 is 2.00 bits per heavy atom. The third-order valence-electron chi connectivity index (χ3n) is 2.89. The molecule has 0 heterocycles. The first-order valence-electron chi connectivity index (χ1n) is 6.29. The maximum absolute atomic E-state index is 12.4. The molecule has 0 aliphatic rings. The Balaban J connectivity index is 3.21. The van der Waals surface area contributed by atoms with Gasteiger partial charge in [-0.2, -0.15) is 4.31 Å². The van der Waals surface area contributed by atoms with Crippen LogP contribution in [0, 0.1) is 0 Å². The van der Waals surface area contributed by atoms with E-state index in [9.17, 15) is 13.5 Å². The highest BCUT2D eigenvalue weighted by Gasteiger charge is 2.23. The highest BCUT2D eigenvalue weighted by Crippen LogP contribution is 2.24. The van der Waals surface area contributed by atoms with Crippen LogP contribution >= 0.6 is 0 Å². The number of aliphatic hydroxyl groups excluding tert-OH is 1. The molecular formula is C13H21NO4S. The van der Waals surface area contributed by atoms with E-state index in [1.54, 1.807) is 6.07 Å². The molecule has 0 saturated carbocycles. The Morgan fingerprint density at radius 1 is 1.32 bits per heavy atom. The molecule has 0 aromatic heterocycles. The van der Waals surface area contributed by atoms with Crippen molar-refractivity contribution in [1.82, 2.24) is 4.31 Å². The van der Waals surface area contributed by atoms with Crippen LogP contribution in [0.1, 0.15) is 25.8 Å². The molecular weight excluding hydrogens is 266 g/mol. The van der Waals surface area contributed by atoms with Crippen molar-refractivity contribution < 1.29 is 18.3 Å². The summed E-state index contributed by atoms with van der Waals surface area (Å²) in [6.45, 7) is 4.40. The van der Waals surface area contributed by atoms with Gasteiger partial charge in [-0.15, -0.1) is 0 Å².